The third-order valence-electron chi connectivity index (χ3n) is 3.25. The summed E-state index contributed by atoms with van der Waals surface area (Å²) in [4.78, 5) is 17.3. The molecule has 0 heterocycles. The Bertz CT molecular complexity index is 608. The minimum Gasteiger partial charge on any atom is -0.357 e. The molecule has 1 aromatic carbocycles. The molecule has 0 saturated heterocycles. The molecule has 0 saturated carbocycles. The number of halogens is 4. The van der Waals surface area contributed by atoms with Crippen molar-refractivity contribution in [2.75, 3.05) is 39.0 Å². The van der Waals surface area contributed by atoms with Crippen LogP contribution in [-0.2, 0) is 4.79 Å². The molecule has 1 amide bonds. The van der Waals surface area contributed by atoms with Gasteiger partial charge >= 0.3 is 6.18 Å². The average molecular weight is 408 g/mol. The fourth-order valence-electron chi connectivity index (χ4n) is 1.97. The first-order valence-corrected chi connectivity index (χ1v) is 9.41. The number of aliphatic imine (C=N–C) groups is 1. The molecule has 0 radical (unpaired) electrons. The molecule has 0 spiro atoms. The lowest BCUT2D eigenvalue weighted by Gasteiger charge is -2.18. The summed E-state index contributed by atoms with van der Waals surface area (Å²) < 4.78 is 49.7. The van der Waals surface area contributed by atoms with Crippen LogP contribution in [0.4, 0.5) is 17.6 Å². The van der Waals surface area contributed by atoms with E-state index in [1.807, 2.05) is 6.92 Å². The number of hydrogen-bond donors (Lipinski definition) is 2. The molecule has 2 N–H and O–H groups in total. The number of alkyl halides is 3. The monoisotopic (exact) mass is 408 g/mol. The van der Waals surface area contributed by atoms with Crippen LogP contribution in [0, 0.1) is 5.82 Å². The van der Waals surface area contributed by atoms with Crippen LogP contribution in [0.15, 0.2) is 34.2 Å². The minimum atomic E-state index is -4.43. The number of thioether (sulfide) groups is 1. The van der Waals surface area contributed by atoms with Crippen LogP contribution in [0.5, 0.6) is 0 Å². The van der Waals surface area contributed by atoms with Crippen molar-refractivity contribution < 1.29 is 22.4 Å². The molecule has 0 fully saturated rings. The van der Waals surface area contributed by atoms with E-state index in [9.17, 15) is 22.4 Å². The van der Waals surface area contributed by atoms with Gasteiger partial charge < -0.3 is 15.5 Å². The lowest BCUT2D eigenvalue weighted by Crippen LogP contribution is -2.40. The molecular weight excluding hydrogens is 384 g/mol. The van der Waals surface area contributed by atoms with E-state index >= 15 is 0 Å². The molecule has 27 heavy (non-hydrogen) atoms. The van der Waals surface area contributed by atoms with Gasteiger partial charge in [-0.1, -0.05) is 0 Å². The lowest BCUT2D eigenvalue weighted by molar-refractivity contribution is -0.157. The highest BCUT2D eigenvalue weighted by Gasteiger charge is 2.30. The van der Waals surface area contributed by atoms with E-state index in [1.165, 1.54) is 12.1 Å². The summed E-state index contributed by atoms with van der Waals surface area (Å²) in [5, 5.41) is 5.97. The zero-order valence-electron chi connectivity index (χ0n) is 15.3. The lowest BCUT2D eigenvalue weighted by atomic mass is 10.4. The summed E-state index contributed by atoms with van der Waals surface area (Å²) >= 11 is 1.59. The van der Waals surface area contributed by atoms with E-state index in [0.29, 0.717) is 23.9 Å². The number of likely N-dealkylation sites (N-methyl/N-ethyl adjacent to an activating group) is 1. The first kappa shape index (κ1) is 23.1. The molecule has 0 aliphatic rings. The van der Waals surface area contributed by atoms with E-state index in [0.717, 1.165) is 24.1 Å². The summed E-state index contributed by atoms with van der Waals surface area (Å²) in [6, 6.07) is 6.23. The average Bonchev–Trinajstić information content (AvgIpc) is 2.59. The number of carbonyl (C=O) groups excluding carboxylic acids is 1. The van der Waals surface area contributed by atoms with Crippen LogP contribution in [0.1, 0.15) is 13.3 Å². The van der Waals surface area contributed by atoms with Gasteiger partial charge in [-0.2, -0.15) is 13.2 Å². The Morgan fingerprint density at radius 3 is 2.48 bits per heavy atom. The van der Waals surface area contributed by atoms with Crippen LogP contribution >= 0.6 is 11.8 Å². The number of carbonyl (C=O) groups is 1. The van der Waals surface area contributed by atoms with E-state index in [4.69, 9.17) is 0 Å². The molecule has 10 heteroatoms. The Morgan fingerprint density at radius 1 is 1.22 bits per heavy atom. The maximum Gasteiger partial charge on any atom is 0.406 e. The van der Waals surface area contributed by atoms with Gasteiger partial charge in [0.2, 0.25) is 5.91 Å². The number of rotatable bonds is 9. The smallest absolute Gasteiger partial charge is 0.357 e. The van der Waals surface area contributed by atoms with Crippen LogP contribution in [0.3, 0.4) is 0 Å². The summed E-state index contributed by atoms with van der Waals surface area (Å²) in [5.41, 5.74) is 0. The summed E-state index contributed by atoms with van der Waals surface area (Å²) in [6.07, 6.45) is -3.65. The van der Waals surface area contributed by atoms with Gasteiger partial charge in [-0.3, -0.25) is 4.79 Å². The number of benzene rings is 1. The molecular formula is C17H24F4N4OS. The second kappa shape index (κ2) is 11.7. The number of nitrogens with zero attached hydrogens (tertiary/aromatic N) is 2. The van der Waals surface area contributed by atoms with Crippen LogP contribution in [0.2, 0.25) is 0 Å². The molecule has 0 aliphatic heterocycles. The van der Waals surface area contributed by atoms with Gasteiger partial charge in [0.1, 0.15) is 18.9 Å². The summed E-state index contributed by atoms with van der Waals surface area (Å²) in [6.45, 7) is 1.31. The molecule has 5 nitrogen and oxygen atoms in total. The SMILES string of the molecule is CCNC(=NCC(=O)N(C)CC(F)(F)F)NCCCSc1ccc(F)cc1. The van der Waals surface area contributed by atoms with Crippen molar-refractivity contribution >= 4 is 23.6 Å². The Morgan fingerprint density at radius 2 is 1.89 bits per heavy atom. The molecule has 0 atom stereocenters. The second-order valence-corrected chi connectivity index (χ2v) is 6.81. The van der Waals surface area contributed by atoms with Gasteiger partial charge in [0.15, 0.2) is 5.96 Å². The normalized spacial score (nSPS) is 12.0. The number of guanidine groups is 1. The molecule has 0 aliphatic carbocycles. The topological polar surface area (TPSA) is 56.7 Å². The molecule has 1 aromatic rings. The van der Waals surface area contributed by atoms with E-state index in [-0.39, 0.29) is 12.4 Å². The first-order valence-electron chi connectivity index (χ1n) is 8.42. The first-order chi connectivity index (χ1) is 12.7. The van der Waals surface area contributed by atoms with Gasteiger partial charge in [0.25, 0.3) is 0 Å². The Balaban J connectivity index is 2.36. The van der Waals surface area contributed by atoms with Gasteiger partial charge in [-0.15, -0.1) is 11.8 Å². The quantitative estimate of drug-likeness (QED) is 0.217. The number of amides is 1. The highest BCUT2D eigenvalue weighted by atomic mass is 32.2. The molecule has 0 unspecified atom stereocenters. The summed E-state index contributed by atoms with van der Waals surface area (Å²) in [7, 11) is 1.10. The van der Waals surface area contributed by atoms with Gasteiger partial charge in [-0.25, -0.2) is 9.38 Å². The van der Waals surface area contributed by atoms with E-state index in [1.54, 1.807) is 23.9 Å². The van der Waals surface area contributed by atoms with Gasteiger partial charge in [-0.05, 0) is 43.4 Å². The molecule has 152 valence electrons. The number of hydrogen-bond acceptors (Lipinski definition) is 3. The van der Waals surface area contributed by atoms with Gasteiger partial charge in [0.05, 0.1) is 0 Å². The highest BCUT2D eigenvalue weighted by molar-refractivity contribution is 7.99. The predicted octanol–water partition coefficient (Wildman–Crippen LogP) is 2.88. The summed E-state index contributed by atoms with van der Waals surface area (Å²) in [5.74, 6) is 0.183. The van der Waals surface area contributed by atoms with Crippen LogP contribution in [-0.4, -0.2) is 61.9 Å². The van der Waals surface area contributed by atoms with Crippen molar-refractivity contribution in [2.45, 2.75) is 24.4 Å². The van der Waals surface area contributed by atoms with E-state index in [2.05, 4.69) is 15.6 Å². The zero-order valence-corrected chi connectivity index (χ0v) is 16.1. The van der Waals surface area contributed by atoms with Crippen molar-refractivity contribution in [1.82, 2.24) is 15.5 Å². The third kappa shape index (κ3) is 10.7. The predicted molar refractivity (Wildman–Crippen MR) is 99.4 cm³/mol. The van der Waals surface area contributed by atoms with Crippen molar-refractivity contribution in [3.05, 3.63) is 30.1 Å². The van der Waals surface area contributed by atoms with Crippen LogP contribution < -0.4 is 10.6 Å². The van der Waals surface area contributed by atoms with E-state index < -0.39 is 18.6 Å². The minimum absolute atomic E-state index is 0.275. The largest absolute Gasteiger partial charge is 0.406 e. The standard InChI is InChI=1S/C17H24F4N4OS/c1-3-22-16(24-11-15(26)25(2)12-17(19,20)21)23-9-4-10-27-14-7-5-13(18)6-8-14/h5-8H,3-4,9-12H2,1-2H3,(H2,22,23,24). The Hall–Kier alpha value is -1.97. The van der Waals surface area contributed by atoms with Crippen molar-refractivity contribution in [3.63, 3.8) is 0 Å². The van der Waals surface area contributed by atoms with Crippen molar-refractivity contribution in [3.8, 4) is 0 Å². The number of nitrogens with one attached hydrogen (secondary N) is 2. The maximum atomic E-state index is 12.8. The highest BCUT2D eigenvalue weighted by Crippen LogP contribution is 2.18. The Labute approximate surface area is 160 Å². The second-order valence-electron chi connectivity index (χ2n) is 5.64. The molecule has 0 bridgehead atoms. The fraction of sp³-hybridized carbons (Fsp3) is 0.529. The van der Waals surface area contributed by atoms with Crippen molar-refractivity contribution in [1.29, 1.82) is 0 Å². The van der Waals surface area contributed by atoms with Crippen LogP contribution in [0.25, 0.3) is 0 Å². The van der Waals surface area contributed by atoms with Gasteiger partial charge in [0, 0.05) is 25.0 Å². The zero-order chi connectivity index (χ0) is 20.3. The molecule has 1 rings (SSSR count). The van der Waals surface area contributed by atoms with Crippen molar-refractivity contribution in [2.24, 2.45) is 4.99 Å². The third-order valence-corrected chi connectivity index (χ3v) is 4.35. The fourth-order valence-corrected chi connectivity index (χ4v) is 2.82. The maximum absolute atomic E-state index is 12.8. The Kier molecular flexibility index (Phi) is 9.98. The molecule has 0 aromatic heterocycles.